The molecule has 2 aliphatic rings. The number of esters is 2. The Kier molecular flexibility index (Phi) is 10.8. The number of carbonyl (C=O) groups excluding carboxylic acids is 2. The second-order valence-electron chi connectivity index (χ2n) is 8.82. The molecule has 0 aromatic heterocycles. The number of cyclic esters (lactones) is 2. The first-order valence-corrected chi connectivity index (χ1v) is 11.8. The van der Waals surface area contributed by atoms with Gasteiger partial charge >= 0.3 is 11.9 Å². The molecule has 2 rings (SSSR count). The largest absolute Gasteiger partial charge is 0.460 e. The minimum atomic E-state index is -0.623. The van der Waals surface area contributed by atoms with Gasteiger partial charge in [-0.2, -0.15) is 0 Å². The lowest BCUT2D eigenvalue weighted by Crippen LogP contribution is -2.24. The molecule has 4 atom stereocenters. The van der Waals surface area contributed by atoms with Crippen molar-refractivity contribution in [1.82, 2.24) is 0 Å². The van der Waals surface area contributed by atoms with E-state index in [2.05, 4.69) is 0 Å². The SMILES string of the molecule is C[C@@H]1C=C(CCCCCCCCCCCCCC[C@H]2C(=O)O[C@@H](C)[C@H]2O)C(=O)O1. The van der Waals surface area contributed by atoms with Crippen molar-refractivity contribution >= 4 is 11.9 Å². The van der Waals surface area contributed by atoms with Gasteiger partial charge in [0.1, 0.15) is 18.3 Å². The molecule has 1 N–H and O–H groups in total. The van der Waals surface area contributed by atoms with Gasteiger partial charge < -0.3 is 14.6 Å². The maximum atomic E-state index is 11.6. The first kappa shape index (κ1) is 23.9. The molecular weight excluding hydrogens is 368 g/mol. The molecule has 0 aromatic rings. The van der Waals surface area contributed by atoms with Crippen molar-refractivity contribution in [3.63, 3.8) is 0 Å². The Morgan fingerprint density at radius 2 is 1.31 bits per heavy atom. The first-order chi connectivity index (χ1) is 14.0. The fraction of sp³-hybridized carbons (Fsp3) is 0.833. The summed E-state index contributed by atoms with van der Waals surface area (Å²) >= 11 is 0. The molecule has 0 saturated carbocycles. The minimum absolute atomic E-state index is 0.0414. The van der Waals surface area contributed by atoms with E-state index >= 15 is 0 Å². The van der Waals surface area contributed by atoms with Crippen LogP contribution in [-0.4, -0.2) is 35.4 Å². The van der Waals surface area contributed by atoms with E-state index in [1.54, 1.807) is 6.92 Å². The van der Waals surface area contributed by atoms with Crippen molar-refractivity contribution in [3.05, 3.63) is 11.6 Å². The molecule has 0 aliphatic carbocycles. The van der Waals surface area contributed by atoms with Crippen LogP contribution in [0.5, 0.6) is 0 Å². The molecule has 29 heavy (non-hydrogen) atoms. The van der Waals surface area contributed by atoms with Gasteiger partial charge in [-0.05, 0) is 39.2 Å². The zero-order chi connectivity index (χ0) is 21.1. The summed E-state index contributed by atoms with van der Waals surface area (Å²) in [7, 11) is 0. The molecule has 0 amide bonds. The fourth-order valence-electron chi connectivity index (χ4n) is 4.36. The van der Waals surface area contributed by atoms with E-state index in [0.717, 1.165) is 37.7 Å². The molecule has 0 radical (unpaired) electrons. The van der Waals surface area contributed by atoms with Crippen LogP contribution in [0.3, 0.4) is 0 Å². The lowest BCUT2D eigenvalue weighted by molar-refractivity contribution is -0.144. The van der Waals surface area contributed by atoms with Crippen molar-refractivity contribution in [3.8, 4) is 0 Å². The predicted molar refractivity (Wildman–Crippen MR) is 113 cm³/mol. The molecule has 0 unspecified atom stereocenters. The Hall–Kier alpha value is -1.36. The summed E-state index contributed by atoms with van der Waals surface area (Å²) in [5.74, 6) is -0.652. The smallest absolute Gasteiger partial charge is 0.334 e. The zero-order valence-electron chi connectivity index (χ0n) is 18.4. The van der Waals surface area contributed by atoms with E-state index in [-0.39, 0.29) is 30.1 Å². The summed E-state index contributed by atoms with van der Waals surface area (Å²) < 4.78 is 10.2. The van der Waals surface area contributed by atoms with Gasteiger partial charge in [0.2, 0.25) is 0 Å². The Labute approximate surface area is 176 Å². The third-order valence-electron chi connectivity index (χ3n) is 6.20. The molecular formula is C24H40O5. The molecule has 1 fully saturated rings. The molecule has 5 nitrogen and oxygen atoms in total. The second kappa shape index (κ2) is 13.0. The van der Waals surface area contributed by atoms with E-state index in [1.165, 1.54) is 57.8 Å². The quantitative estimate of drug-likeness (QED) is 0.296. The standard InChI is InChI=1S/C24H40O5/c1-18-17-20(23(26)28-18)15-13-11-9-7-5-3-4-6-8-10-12-14-16-21-22(25)19(2)29-24(21)27/h17-19,21-22,25H,3-16H2,1-2H3/t18-,19+,21-,22-/m1/s1. The number of rotatable bonds is 15. The van der Waals surface area contributed by atoms with Gasteiger partial charge in [0.15, 0.2) is 0 Å². The molecule has 5 heteroatoms. The molecule has 0 bridgehead atoms. The van der Waals surface area contributed by atoms with E-state index < -0.39 is 6.10 Å². The number of hydrogen-bond donors (Lipinski definition) is 1. The van der Waals surface area contributed by atoms with Gasteiger partial charge in [0.05, 0.1) is 5.92 Å². The van der Waals surface area contributed by atoms with Crippen molar-refractivity contribution in [1.29, 1.82) is 0 Å². The highest BCUT2D eigenvalue weighted by atomic mass is 16.6. The summed E-state index contributed by atoms with van der Waals surface area (Å²) in [6.07, 6.45) is 17.2. The van der Waals surface area contributed by atoms with Gasteiger partial charge in [-0.15, -0.1) is 0 Å². The van der Waals surface area contributed by atoms with Crippen LogP contribution in [0.1, 0.15) is 104 Å². The zero-order valence-corrected chi connectivity index (χ0v) is 18.4. The maximum absolute atomic E-state index is 11.6. The molecule has 2 heterocycles. The van der Waals surface area contributed by atoms with Crippen LogP contribution in [0, 0.1) is 5.92 Å². The third kappa shape index (κ3) is 8.49. The van der Waals surface area contributed by atoms with Gasteiger partial charge in [-0.3, -0.25) is 4.79 Å². The number of hydrogen-bond acceptors (Lipinski definition) is 5. The highest BCUT2D eigenvalue weighted by Gasteiger charge is 2.40. The van der Waals surface area contributed by atoms with Crippen molar-refractivity contribution in [2.24, 2.45) is 5.92 Å². The number of carbonyl (C=O) groups is 2. The van der Waals surface area contributed by atoms with E-state index in [9.17, 15) is 14.7 Å². The highest BCUT2D eigenvalue weighted by molar-refractivity contribution is 5.90. The average Bonchev–Trinajstić information content (AvgIpc) is 3.13. The van der Waals surface area contributed by atoms with Gasteiger partial charge in [-0.1, -0.05) is 70.6 Å². The van der Waals surface area contributed by atoms with Crippen LogP contribution in [-0.2, 0) is 19.1 Å². The summed E-state index contributed by atoms with van der Waals surface area (Å²) in [4.78, 5) is 23.1. The lowest BCUT2D eigenvalue weighted by Gasteiger charge is -2.11. The van der Waals surface area contributed by atoms with Crippen LogP contribution in [0.2, 0.25) is 0 Å². The molecule has 0 spiro atoms. The number of aliphatic hydroxyl groups excluding tert-OH is 1. The predicted octanol–water partition coefficient (Wildman–Crippen LogP) is 5.24. The van der Waals surface area contributed by atoms with Crippen LogP contribution < -0.4 is 0 Å². The Bertz CT molecular complexity index is 541. The minimum Gasteiger partial charge on any atom is -0.460 e. The van der Waals surface area contributed by atoms with Gasteiger partial charge in [-0.25, -0.2) is 4.79 Å². The molecule has 2 aliphatic heterocycles. The number of aliphatic hydroxyl groups is 1. The van der Waals surface area contributed by atoms with E-state index in [0.29, 0.717) is 0 Å². The van der Waals surface area contributed by atoms with E-state index in [4.69, 9.17) is 9.47 Å². The summed E-state index contributed by atoms with van der Waals surface area (Å²) in [5, 5.41) is 9.92. The third-order valence-corrected chi connectivity index (χ3v) is 6.20. The summed E-state index contributed by atoms with van der Waals surface area (Å²) in [6, 6.07) is 0. The van der Waals surface area contributed by atoms with Crippen LogP contribution in [0.15, 0.2) is 11.6 Å². The van der Waals surface area contributed by atoms with Crippen LogP contribution in [0.25, 0.3) is 0 Å². The Balaban J connectivity index is 1.31. The molecule has 166 valence electrons. The second-order valence-corrected chi connectivity index (χ2v) is 8.82. The van der Waals surface area contributed by atoms with Gasteiger partial charge in [0.25, 0.3) is 0 Å². The Morgan fingerprint density at radius 1 is 0.793 bits per heavy atom. The number of ether oxygens (including phenoxy) is 2. The monoisotopic (exact) mass is 408 g/mol. The van der Waals surface area contributed by atoms with Crippen molar-refractivity contribution in [2.75, 3.05) is 0 Å². The first-order valence-electron chi connectivity index (χ1n) is 11.8. The van der Waals surface area contributed by atoms with Gasteiger partial charge in [0, 0.05) is 5.57 Å². The van der Waals surface area contributed by atoms with Crippen molar-refractivity contribution < 1.29 is 24.2 Å². The average molecular weight is 409 g/mol. The number of unbranched alkanes of at least 4 members (excludes halogenated alkanes) is 11. The fourth-order valence-corrected chi connectivity index (χ4v) is 4.36. The maximum Gasteiger partial charge on any atom is 0.334 e. The highest BCUT2D eigenvalue weighted by Crippen LogP contribution is 2.26. The lowest BCUT2D eigenvalue weighted by atomic mass is 9.95. The normalized spacial score (nSPS) is 26.5. The van der Waals surface area contributed by atoms with Crippen LogP contribution >= 0.6 is 0 Å². The topological polar surface area (TPSA) is 72.8 Å². The van der Waals surface area contributed by atoms with Crippen LogP contribution in [0.4, 0.5) is 0 Å². The Morgan fingerprint density at radius 3 is 1.76 bits per heavy atom. The van der Waals surface area contributed by atoms with Crippen molar-refractivity contribution in [2.45, 2.75) is 122 Å². The summed E-state index contributed by atoms with van der Waals surface area (Å²) in [5.41, 5.74) is 0.867. The molecule has 0 aromatic carbocycles. The molecule has 1 saturated heterocycles. The summed E-state index contributed by atoms with van der Waals surface area (Å²) in [6.45, 7) is 3.67. The van der Waals surface area contributed by atoms with E-state index in [1.807, 2.05) is 13.0 Å².